The van der Waals surface area contributed by atoms with E-state index < -0.39 is 5.97 Å². The summed E-state index contributed by atoms with van der Waals surface area (Å²) in [6, 6.07) is 9.33. The van der Waals surface area contributed by atoms with Gasteiger partial charge in [0.25, 0.3) is 5.91 Å². The second-order valence-electron chi connectivity index (χ2n) is 7.40. The molecule has 0 radical (unpaired) electrons. The quantitative estimate of drug-likeness (QED) is 0.580. The van der Waals surface area contributed by atoms with Crippen molar-refractivity contribution >= 4 is 23.6 Å². The lowest BCUT2D eigenvalue weighted by molar-refractivity contribution is -0.149. The van der Waals surface area contributed by atoms with Gasteiger partial charge in [0.15, 0.2) is 18.1 Å². The van der Waals surface area contributed by atoms with Crippen LogP contribution in [-0.2, 0) is 14.3 Å². The average molecular weight is 383 g/mol. The second kappa shape index (κ2) is 8.77. The van der Waals surface area contributed by atoms with Gasteiger partial charge in [-0.25, -0.2) is 4.79 Å². The highest BCUT2D eigenvalue weighted by molar-refractivity contribution is 6.15. The standard InChI is InChI=1S/C20H25N5O3/c1-14-9-15(2)12-24(11-14)19(26)13-28-20(27)18(25-16(3)21-22-23-25)10-17-7-5-4-6-8-17/h4-8,10,14-15H,9,11-13H2,1-3H3/b18-10-/t14-,15+. The lowest BCUT2D eigenvalue weighted by Gasteiger charge is -2.34. The van der Waals surface area contributed by atoms with Crippen LogP contribution in [0.4, 0.5) is 0 Å². The van der Waals surface area contributed by atoms with Crippen LogP contribution in [0.5, 0.6) is 0 Å². The molecule has 1 saturated heterocycles. The minimum atomic E-state index is -0.647. The Kier molecular flexibility index (Phi) is 6.18. The van der Waals surface area contributed by atoms with Gasteiger partial charge in [-0.15, -0.1) is 5.10 Å². The fourth-order valence-electron chi connectivity index (χ4n) is 3.53. The number of esters is 1. The Morgan fingerprint density at radius 2 is 1.86 bits per heavy atom. The van der Waals surface area contributed by atoms with Crippen LogP contribution in [0.15, 0.2) is 30.3 Å². The lowest BCUT2D eigenvalue weighted by atomic mass is 9.92. The number of ether oxygens (including phenoxy) is 1. The molecule has 8 nitrogen and oxygen atoms in total. The zero-order valence-electron chi connectivity index (χ0n) is 16.4. The number of hydrogen-bond acceptors (Lipinski definition) is 6. The van der Waals surface area contributed by atoms with Gasteiger partial charge in [0.2, 0.25) is 0 Å². The molecule has 0 spiro atoms. The summed E-state index contributed by atoms with van der Waals surface area (Å²) in [5.74, 6) is 0.510. The smallest absolute Gasteiger partial charge is 0.357 e. The summed E-state index contributed by atoms with van der Waals surface area (Å²) >= 11 is 0. The Hall–Kier alpha value is -3.03. The topological polar surface area (TPSA) is 90.2 Å². The summed E-state index contributed by atoms with van der Waals surface area (Å²) in [6.07, 6.45) is 2.74. The zero-order valence-corrected chi connectivity index (χ0v) is 16.4. The maximum atomic E-state index is 12.7. The first-order chi connectivity index (χ1) is 13.4. The predicted octanol–water partition coefficient (Wildman–Crippen LogP) is 2.03. The molecule has 0 N–H and O–H groups in total. The number of carbonyl (C=O) groups is 2. The predicted molar refractivity (Wildman–Crippen MR) is 104 cm³/mol. The van der Waals surface area contributed by atoms with E-state index in [1.54, 1.807) is 17.9 Å². The van der Waals surface area contributed by atoms with Gasteiger partial charge in [0, 0.05) is 13.1 Å². The van der Waals surface area contributed by atoms with Crippen molar-refractivity contribution in [2.45, 2.75) is 27.2 Å². The molecule has 28 heavy (non-hydrogen) atoms. The second-order valence-corrected chi connectivity index (χ2v) is 7.40. The monoisotopic (exact) mass is 383 g/mol. The van der Waals surface area contributed by atoms with Crippen molar-refractivity contribution < 1.29 is 14.3 Å². The van der Waals surface area contributed by atoms with Crippen LogP contribution in [-0.4, -0.2) is 56.7 Å². The van der Waals surface area contributed by atoms with Crippen LogP contribution in [0.2, 0.25) is 0 Å². The van der Waals surface area contributed by atoms with Crippen molar-refractivity contribution in [3.05, 3.63) is 41.7 Å². The summed E-state index contributed by atoms with van der Waals surface area (Å²) in [4.78, 5) is 27.0. The summed E-state index contributed by atoms with van der Waals surface area (Å²) in [7, 11) is 0. The van der Waals surface area contributed by atoms with E-state index in [-0.39, 0.29) is 18.2 Å². The highest BCUT2D eigenvalue weighted by atomic mass is 16.5. The number of likely N-dealkylation sites (tertiary alicyclic amines) is 1. The molecule has 1 fully saturated rings. The summed E-state index contributed by atoms with van der Waals surface area (Å²) in [6.45, 7) is 7.03. The summed E-state index contributed by atoms with van der Waals surface area (Å²) < 4.78 is 6.64. The number of piperidine rings is 1. The number of aryl methyl sites for hydroxylation is 1. The Labute approximate surface area is 164 Å². The van der Waals surface area contributed by atoms with Gasteiger partial charge < -0.3 is 9.64 Å². The van der Waals surface area contributed by atoms with Crippen molar-refractivity contribution in [2.75, 3.05) is 19.7 Å². The molecular formula is C20H25N5O3. The summed E-state index contributed by atoms with van der Waals surface area (Å²) in [5, 5.41) is 11.3. The number of nitrogens with zero attached hydrogens (tertiary/aromatic N) is 5. The van der Waals surface area contributed by atoms with E-state index in [0.717, 1.165) is 12.0 Å². The molecule has 1 aliphatic heterocycles. The molecular weight excluding hydrogens is 358 g/mol. The van der Waals surface area contributed by atoms with E-state index in [1.807, 2.05) is 30.3 Å². The molecule has 2 heterocycles. The van der Waals surface area contributed by atoms with Crippen LogP contribution in [0.3, 0.4) is 0 Å². The first kappa shape index (κ1) is 19.7. The molecule has 3 rings (SSSR count). The number of aromatic nitrogens is 4. The van der Waals surface area contributed by atoms with Gasteiger partial charge in [0.05, 0.1) is 0 Å². The van der Waals surface area contributed by atoms with Gasteiger partial charge >= 0.3 is 5.97 Å². The van der Waals surface area contributed by atoms with E-state index in [9.17, 15) is 9.59 Å². The van der Waals surface area contributed by atoms with Crippen LogP contribution in [0, 0.1) is 18.8 Å². The van der Waals surface area contributed by atoms with Gasteiger partial charge in [0.1, 0.15) is 0 Å². The Balaban J connectivity index is 1.73. The Bertz CT molecular complexity index is 852. The largest absolute Gasteiger partial charge is 0.451 e. The molecule has 2 aromatic rings. The van der Waals surface area contributed by atoms with Gasteiger partial charge in [-0.05, 0) is 47.2 Å². The van der Waals surface area contributed by atoms with Crippen LogP contribution < -0.4 is 0 Å². The average Bonchev–Trinajstić information content (AvgIpc) is 3.09. The number of rotatable bonds is 5. The number of carbonyl (C=O) groups excluding carboxylic acids is 2. The SMILES string of the molecule is Cc1nnnn1/C(=C\c1ccccc1)C(=O)OCC(=O)N1C[C@H](C)C[C@H](C)C1. The minimum Gasteiger partial charge on any atom is -0.451 e. The molecule has 1 aromatic carbocycles. The first-order valence-electron chi connectivity index (χ1n) is 9.41. The Morgan fingerprint density at radius 1 is 1.18 bits per heavy atom. The van der Waals surface area contributed by atoms with E-state index >= 15 is 0 Å². The molecule has 2 atom stereocenters. The van der Waals surface area contributed by atoms with Crippen LogP contribution >= 0.6 is 0 Å². The normalized spacial score (nSPS) is 20.1. The first-order valence-corrected chi connectivity index (χ1v) is 9.41. The van der Waals surface area contributed by atoms with Gasteiger partial charge in [-0.2, -0.15) is 4.68 Å². The van der Waals surface area contributed by atoms with Crippen LogP contribution in [0.1, 0.15) is 31.7 Å². The Morgan fingerprint density at radius 3 is 2.46 bits per heavy atom. The third-order valence-electron chi connectivity index (χ3n) is 4.71. The van der Waals surface area contributed by atoms with Gasteiger partial charge in [-0.3, -0.25) is 4.79 Å². The molecule has 0 saturated carbocycles. The number of tetrazole rings is 1. The van der Waals surface area contributed by atoms with Crippen molar-refractivity contribution in [1.82, 2.24) is 25.1 Å². The highest BCUT2D eigenvalue weighted by Crippen LogP contribution is 2.21. The third-order valence-corrected chi connectivity index (χ3v) is 4.71. The molecule has 1 amide bonds. The van der Waals surface area contributed by atoms with Crippen LogP contribution in [0.25, 0.3) is 11.8 Å². The number of amides is 1. The molecule has 1 aliphatic rings. The van der Waals surface area contributed by atoms with E-state index in [4.69, 9.17) is 4.74 Å². The third kappa shape index (κ3) is 4.82. The fourth-order valence-corrected chi connectivity index (χ4v) is 3.53. The zero-order chi connectivity index (χ0) is 20.1. The van der Waals surface area contributed by atoms with Gasteiger partial charge in [-0.1, -0.05) is 44.2 Å². The van der Waals surface area contributed by atoms with Crippen molar-refractivity contribution in [3.8, 4) is 0 Å². The lowest BCUT2D eigenvalue weighted by Crippen LogP contribution is -2.44. The van der Waals surface area contributed by atoms with Crippen molar-refractivity contribution in [3.63, 3.8) is 0 Å². The number of benzene rings is 1. The fraction of sp³-hybridized carbons (Fsp3) is 0.450. The number of hydrogen-bond donors (Lipinski definition) is 0. The highest BCUT2D eigenvalue weighted by Gasteiger charge is 2.27. The molecule has 148 valence electrons. The van der Waals surface area contributed by atoms with Crippen molar-refractivity contribution in [2.24, 2.45) is 11.8 Å². The summed E-state index contributed by atoms with van der Waals surface area (Å²) in [5.41, 5.74) is 0.955. The van der Waals surface area contributed by atoms with E-state index in [1.165, 1.54) is 4.68 Å². The van der Waals surface area contributed by atoms with E-state index in [0.29, 0.717) is 30.7 Å². The van der Waals surface area contributed by atoms with E-state index in [2.05, 4.69) is 29.4 Å². The maximum Gasteiger partial charge on any atom is 0.357 e. The molecule has 0 unspecified atom stereocenters. The molecule has 8 heteroatoms. The van der Waals surface area contributed by atoms with Crippen molar-refractivity contribution in [1.29, 1.82) is 0 Å². The molecule has 1 aromatic heterocycles. The molecule has 0 aliphatic carbocycles. The maximum absolute atomic E-state index is 12.7. The minimum absolute atomic E-state index is 0.155. The molecule has 0 bridgehead atoms.